The molecule has 4 aliphatic rings. The number of cyclic esters (lactones) is 1. The Labute approximate surface area is 299 Å². The third kappa shape index (κ3) is 6.24. The summed E-state index contributed by atoms with van der Waals surface area (Å²) in [4.78, 5) is 60.3. The Morgan fingerprint density at radius 3 is 2.53 bits per heavy atom. The Morgan fingerprint density at radius 2 is 1.84 bits per heavy atom. The van der Waals surface area contributed by atoms with Crippen molar-refractivity contribution < 1.29 is 33.8 Å². The maximum Gasteiger partial charge on any atom is 0.306 e. The van der Waals surface area contributed by atoms with Crippen LogP contribution in [-0.4, -0.2) is 77.2 Å². The highest BCUT2D eigenvalue weighted by Crippen LogP contribution is 2.59. The number of para-hydroxylation sites is 1. The average molecular weight is 755 g/mol. The summed E-state index contributed by atoms with van der Waals surface area (Å²) in [5.41, 5.74) is 0.431. The van der Waals surface area contributed by atoms with Crippen molar-refractivity contribution in [1.82, 2.24) is 10.2 Å². The number of benzene rings is 2. The van der Waals surface area contributed by atoms with Crippen molar-refractivity contribution >= 4 is 56.9 Å². The van der Waals surface area contributed by atoms with Gasteiger partial charge in [0.1, 0.15) is 24.4 Å². The maximum atomic E-state index is 15.2. The monoisotopic (exact) mass is 753 g/mol. The average Bonchev–Trinajstić information content (AvgIpc) is 3.68. The minimum atomic E-state index is -1.51. The number of hydrogen-bond acceptors (Lipinski definition) is 7. The number of aliphatic hydroxyl groups excluding tert-OH is 1. The van der Waals surface area contributed by atoms with Gasteiger partial charge in [0.15, 0.2) is 0 Å². The van der Waals surface area contributed by atoms with E-state index in [0.29, 0.717) is 28.0 Å². The standard InChI is InChI=1S/C37H41BrClN3O7/c1-4-21(2)27(19-43)42-33-36(47)41(31-22(3)12-11-15-25(31)39)17-10-6-9-16-28(44)48-20-26(23-13-7-5-8-14-23)40-34(45)29-30(35(42)46)37(33)18-24(38)32(29)49-37/h5-8,10-15,18,21,26-27,29-30,32-33,43H,4,9,16-17,19-20H2,1-3H3,(H,40,45)/b10-6-/t21-,26+,27-,29+,30-,32+,33+,37-/m0/s1. The number of nitrogens with zero attached hydrogens (tertiary/aromatic N) is 2. The van der Waals surface area contributed by atoms with Crippen molar-refractivity contribution in [2.45, 2.75) is 69.9 Å². The molecule has 3 amide bonds. The van der Waals surface area contributed by atoms with Crippen LogP contribution in [-0.2, 0) is 28.7 Å². The van der Waals surface area contributed by atoms with Crippen molar-refractivity contribution in [3.8, 4) is 0 Å². The number of halogens is 2. The predicted molar refractivity (Wildman–Crippen MR) is 188 cm³/mol. The molecular formula is C37H41BrClN3O7. The summed E-state index contributed by atoms with van der Waals surface area (Å²) < 4.78 is 12.9. The zero-order chi connectivity index (χ0) is 35.0. The fourth-order valence-electron chi connectivity index (χ4n) is 7.73. The van der Waals surface area contributed by atoms with Gasteiger partial charge in [0, 0.05) is 17.4 Å². The molecule has 12 heteroatoms. The molecule has 0 radical (unpaired) electrons. The molecule has 4 aliphatic heterocycles. The van der Waals surface area contributed by atoms with Crippen LogP contribution in [0.1, 0.15) is 50.3 Å². The molecule has 2 N–H and O–H groups in total. The Hall–Kier alpha value is -3.51. The number of carbonyl (C=O) groups excluding carboxylic acids is 4. The summed E-state index contributed by atoms with van der Waals surface area (Å²) in [5.74, 6) is -4.06. The molecule has 0 aliphatic carbocycles. The van der Waals surface area contributed by atoms with Crippen molar-refractivity contribution in [2.75, 3.05) is 24.7 Å². The number of carbonyl (C=O) groups is 4. The van der Waals surface area contributed by atoms with E-state index < -0.39 is 65.4 Å². The summed E-state index contributed by atoms with van der Waals surface area (Å²) in [5, 5.41) is 14.2. The van der Waals surface area contributed by atoms with Crippen LogP contribution in [0.4, 0.5) is 5.69 Å². The molecule has 2 saturated heterocycles. The molecule has 49 heavy (non-hydrogen) atoms. The molecule has 4 heterocycles. The first kappa shape index (κ1) is 35.3. The molecule has 8 atom stereocenters. The molecule has 6 rings (SSSR count). The zero-order valence-corrected chi connectivity index (χ0v) is 30.0. The summed E-state index contributed by atoms with van der Waals surface area (Å²) in [6.07, 6.45) is 5.61. The first-order valence-electron chi connectivity index (χ1n) is 16.8. The Morgan fingerprint density at radius 1 is 1.08 bits per heavy atom. The molecular weight excluding hydrogens is 714 g/mol. The van der Waals surface area contributed by atoms with Gasteiger partial charge in [-0.15, -0.1) is 0 Å². The van der Waals surface area contributed by atoms with Gasteiger partial charge in [-0.3, -0.25) is 19.2 Å². The van der Waals surface area contributed by atoms with Crippen molar-refractivity contribution in [3.05, 3.63) is 87.4 Å². The quantitative estimate of drug-likeness (QED) is 0.314. The van der Waals surface area contributed by atoms with Crippen LogP contribution in [0.15, 0.2) is 71.2 Å². The van der Waals surface area contributed by atoms with Crippen LogP contribution in [0, 0.1) is 24.7 Å². The van der Waals surface area contributed by atoms with Gasteiger partial charge in [-0.25, -0.2) is 0 Å². The number of ether oxygens (including phenoxy) is 2. The van der Waals surface area contributed by atoms with E-state index in [1.54, 1.807) is 30.4 Å². The van der Waals surface area contributed by atoms with Crippen LogP contribution in [0.2, 0.25) is 5.02 Å². The predicted octanol–water partition coefficient (Wildman–Crippen LogP) is 5.01. The zero-order valence-electron chi connectivity index (χ0n) is 27.7. The van der Waals surface area contributed by atoms with Gasteiger partial charge >= 0.3 is 5.97 Å². The third-order valence-corrected chi connectivity index (χ3v) is 11.4. The minimum Gasteiger partial charge on any atom is -0.463 e. The van der Waals surface area contributed by atoms with E-state index in [1.807, 2.05) is 57.2 Å². The van der Waals surface area contributed by atoms with Gasteiger partial charge in [0.2, 0.25) is 11.8 Å². The summed E-state index contributed by atoms with van der Waals surface area (Å²) in [6, 6.07) is 11.9. The SMILES string of the molecule is CC[C@H](C)[C@H](CO)N1C(=O)[C@@H]2[C@H]3C(=O)N[C@@H](c4ccccc4)COC(=O)CC/C=C\CN(c4c(C)cccc4Cl)C(=O)[C@@H]1[C@]21C=C(Br)[C@H]3O1. The van der Waals surface area contributed by atoms with Crippen LogP contribution >= 0.6 is 27.5 Å². The molecule has 260 valence electrons. The number of nitrogens with one attached hydrogen (secondary N) is 1. The second-order valence-electron chi connectivity index (χ2n) is 13.2. The molecule has 5 bridgehead atoms. The lowest BCUT2D eigenvalue weighted by molar-refractivity contribution is -0.147. The van der Waals surface area contributed by atoms with Crippen molar-refractivity contribution in [2.24, 2.45) is 17.8 Å². The second kappa shape index (κ2) is 14.4. The number of esters is 1. The summed E-state index contributed by atoms with van der Waals surface area (Å²) in [6.45, 7) is 5.33. The lowest BCUT2D eigenvalue weighted by Gasteiger charge is -2.40. The molecule has 1 spiro atoms. The molecule has 2 aromatic carbocycles. The normalized spacial score (nSPS) is 30.8. The fourth-order valence-corrected chi connectivity index (χ4v) is 8.79. The Bertz CT molecular complexity index is 1660. The van der Waals surface area contributed by atoms with E-state index in [-0.39, 0.29) is 32.1 Å². The van der Waals surface area contributed by atoms with Gasteiger partial charge in [-0.1, -0.05) is 102 Å². The highest BCUT2D eigenvalue weighted by atomic mass is 79.9. The molecule has 0 saturated carbocycles. The van der Waals surface area contributed by atoms with E-state index in [9.17, 15) is 19.5 Å². The van der Waals surface area contributed by atoms with E-state index in [1.165, 1.54) is 9.80 Å². The molecule has 2 aromatic rings. The number of likely N-dealkylation sites (tertiary alicyclic amines) is 1. The summed E-state index contributed by atoms with van der Waals surface area (Å²) >= 11 is 10.4. The van der Waals surface area contributed by atoms with Gasteiger partial charge in [-0.2, -0.15) is 0 Å². The molecule has 0 unspecified atom stereocenters. The van der Waals surface area contributed by atoms with Crippen LogP contribution < -0.4 is 10.2 Å². The van der Waals surface area contributed by atoms with Crippen LogP contribution in [0.3, 0.4) is 0 Å². The van der Waals surface area contributed by atoms with Crippen LogP contribution in [0.5, 0.6) is 0 Å². The Kier molecular flexibility index (Phi) is 10.4. The number of aryl methyl sites for hydroxylation is 1. The lowest BCUT2D eigenvalue weighted by atomic mass is 9.74. The molecule has 0 aromatic heterocycles. The van der Waals surface area contributed by atoms with Crippen molar-refractivity contribution in [1.29, 1.82) is 0 Å². The number of fused-ring (bicyclic) bond motifs is 2. The van der Waals surface area contributed by atoms with Gasteiger partial charge in [0.05, 0.1) is 41.2 Å². The van der Waals surface area contributed by atoms with E-state index in [4.69, 9.17) is 21.1 Å². The summed E-state index contributed by atoms with van der Waals surface area (Å²) in [7, 11) is 0. The molecule has 10 nitrogen and oxygen atoms in total. The Balaban J connectivity index is 1.52. The minimum absolute atomic E-state index is 0.0825. The first-order valence-corrected chi connectivity index (χ1v) is 17.9. The van der Waals surface area contributed by atoms with Gasteiger partial charge in [0.25, 0.3) is 5.91 Å². The number of amides is 3. The topological polar surface area (TPSA) is 125 Å². The van der Waals surface area contributed by atoms with E-state index in [2.05, 4.69) is 21.2 Å². The highest BCUT2D eigenvalue weighted by Gasteiger charge is 2.75. The fraction of sp³-hybridized carbons (Fsp3) is 0.459. The molecule has 2 fully saturated rings. The lowest BCUT2D eigenvalue weighted by Crippen LogP contribution is -2.59. The van der Waals surface area contributed by atoms with Gasteiger partial charge in [-0.05, 0) is 42.5 Å². The number of anilines is 1. The number of allylic oxidation sites excluding steroid dienone is 1. The van der Waals surface area contributed by atoms with E-state index >= 15 is 4.79 Å². The first-order chi connectivity index (χ1) is 23.5. The van der Waals surface area contributed by atoms with Crippen LogP contribution in [0.25, 0.3) is 0 Å². The van der Waals surface area contributed by atoms with Crippen molar-refractivity contribution in [3.63, 3.8) is 0 Å². The smallest absolute Gasteiger partial charge is 0.306 e. The largest absolute Gasteiger partial charge is 0.463 e. The number of rotatable bonds is 6. The van der Waals surface area contributed by atoms with E-state index in [0.717, 1.165) is 11.1 Å². The highest BCUT2D eigenvalue weighted by molar-refractivity contribution is 9.11. The second-order valence-corrected chi connectivity index (χ2v) is 14.6. The van der Waals surface area contributed by atoms with Gasteiger partial charge < -0.3 is 29.7 Å². The number of hydrogen-bond donors (Lipinski definition) is 2. The third-order valence-electron chi connectivity index (χ3n) is 10.4. The number of aliphatic hydroxyl groups is 1. The maximum absolute atomic E-state index is 15.2.